The number of amides is 1. The lowest BCUT2D eigenvalue weighted by Crippen LogP contribution is -2.29. The molecule has 0 aliphatic heterocycles. The Kier molecular flexibility index (Phi) is 6.19. The summed E-state index contributed by atoms with van der Waals surface area (Å²) < 4.78 is 45.6. The number of nitrogens with zero attached hydrogens (tertiary/aromatic N) is 1. The molecule has 6 nitrogen and oxygen atoms in total. The van der Waals surface area contributed by atoms with Crippen molar-refractivity contribution in [2.45, 2.75) is 24.8 Å². The second kappa shape index (κ2) is 8.49. The van der Waals surface area contributed by atoms with Gasteiger partial charge in [-0.25, -0.2) is 12.8 Å². The van der Waals surface area contributed by atoms with Gasteiger partial charge in [-0.2, -0.15) is 0 Å². The summed E-state index contributed by atoms with van der Waals surface area (Å²) in [7, 11) is -2.66. The van der Waals surface area contributed by atoms with Crippen LogP contribution in [0.1, 0.15) is 34.8 Å². The zero-order valence-electron chi connectivity index (χ0n) is 16.5. The van der Waals surface area contributed by atoms with Crippen molar-refractivity contribution in [1.29, 1.82) is 0 Å². The molecule has 0 saturated carbocycles. The Morgan fingerprint density at radius 2 is 1.80 bits per heavy atom. The number of halogens is 2. The van der Waals surface area contributed by atoms with Crippen LogP contribution in [0.4, 0.5) is 10.1 Å². The maximum atomic E-state index is 13.2. The topological polar surface area (TPSA) is 79.6 Å². The Labute approximate surface area is 179 Å². The molecule has 1 heterocycles. The highest BCUT2D eigenvalue weighted by Gasteiger charge is 2.24. The highest BCUT2D eigenvalue weighted by atomic mass is 35.5. The number of hydrogen-bond donors (Lipinski definition) is 1. The van der Waals surface area contributed by atoms with Crippen molar-refractivity contribution in [2.24, 2.45) is 0 Å². The van der Waals surface area contributed by atoms with Gasteiger partial charge in [0.2, 0.25) is 0 Å². The molecule has 1 amide bonds. The number of carbonyl (C=O) groups is 1. The molecule has 158 valence electrons. The Morgan fingerprint density at radius 1 is 1.13 bits per heavy atom. The second-order valence-electron chi connectivity index (χ2n) is 6.73. The predicted molar refractivity (Wildman–Crippen MR) is 113 cm³/mol. The maximum Gasteiger partial charge on any atom is 0.264 e. The van der Waals surface area contributed by atoms with E-state index in [0.29, 0.717) is 11.5 Å². The normalized spacial score (nSPS) is 12.4. The smallest absolute Gasteiger partial charge is 0.264 e. The van der Waals surface area contributed by atoms with E-state index in [4.69, 9.17) is 16.0 Å². The van der Waals surface area contributed by atoms with Gasteiger partial charge in [0.15, 0.2) is 0 Å². The van der Waals surface area contributed by atoms with Crippen LogP contribution in [0.25, 0.3) is 0 Å². The minimum atomic E-state index is -4.00. The molecule has 3 rings (SSSR count). The molecule has 1 N–H and O–H groups in total. The molecule has 0 saturated heterocycles. The van der Waals surface area contributed by atoms with E-state index in [0.717, 1.165) is 4.31 Å². The quantitative estimate of drug-likeness (QED) is 0.590. The van der Waals surface area contributed by atoms with Crippen LogP contribution in [0.2, 0.25) is 5.02 Å². The van der Waals surface area contributed by atoms with Gasteiger partial charge in [-0.05, 0) is 68.4 Å². The fraction of sp³-hybridized carbons (Fsp3) is 0.190. The summed E-state index contributed by atoms with van der Waals surface area (Å²) >= 11 is 6.15. The van der Waals surface area contributed by atoms with Crippen molar-refractivity contribution in [3.63, 3.8) is 0 Å². The molecule has 0 aliphatic carbocycles. The molecule has 1 aromatic heterocycles. The van der Waals surface area contributed by atoms with Crippen LogP contribution in [0.3, 0.4) is 0 Å². The van der Waals surface area contributed by atoms with Crippen LogP contribution >= 0.6 is 11.6 Å². The third-order valence-electron chi connectivity index (χ3n) is 4.57. The molecule has 0 fully saturated rings. The summed E-state index contributed by atoms with van der Waals surface area (Å²) in [6.07, 6.45) is 0. The zero-order valence-corrected chi connectivity index (χ0v) is 18.1. The van der Waals surface area contributed by atoms with Crippen molar-refractivity contribution < 1.29 is 22.0 Å². The summed E-state index contributed by atoms with van der Waals surface area (Å²) in [6.45, 7) is 3.54. The van der Waals surface area contributed by atoms with Gasteiger partial charge < -0.3 is 9.73 Å². The van der Waals surface area contributed by atoms with Gasteiger partial charge in [-0.1, -0.05) is 11.6 Å². The number of nitrogens with one attached hydrogen (secondary N) is 1. The molecular formula is C21H20ClFN2O4S. The van der Waals surface area contributed by atoms with Crippen LogP contribution in [0.15, 0.2) is 63.9 Å². The van der Waals surface area contributed by atoms with E-state index in [1.54, 1.807) is 26.0 Å². The largest absolute Gasteiger partial charge is 0.464 e. The van der Waals surface area contributed by atoms with E-state index in [1.165, 1.54) is 49.5 Å². The number of carbonyl (C=O) groups excluding carboxylic acids is 1. The Hall–Kier alpha value is -2.84. The molecule has 2 aromatic carbocycles. The van der Waals surface area contributed by atoms with Gasteiger partial charge in [0, 0.05) is 7.05 Å². The van der Waals surface area contributed by atoms with Crippen LogP contribution in [-0.2, 0) is 10.0 Å². The predicted octanol–water partition coefficient (Wildman–Crippen LogP) is 4.70. The summed E-state index contributed by atoms with van der Waals surface area (Å²) in [5.41, 5.74) is 0.291. The minimum absolute atomic E-state index is 0.0142. The summed E-state index contributed by atoms with van der Waals surface area (Å²) in [4.78, 5) is 12.6. The first-order chi connectivity index (χ1) is 14.1. The van der Waals surface area contributed by atoms with E-state index in [1.807, 2.05) is 0 Å². The van der Waals surface area contributed by atoms with Crippen molar-refractivity contribution >= 4 is 33.2 Å². The number of anilines is 1. The fourth-order valence-corrected chi connectivity index (χ4v) is 4.24. The molecule has 3 aromatic rings. The fourth-order valence-electron chi connectivity index (χ4n) is 2.82. The monoisotopic (exact) mass is 450 g/mol. The van der Waals surface area contributed by atoms with Crippen molar-refractivity contribution in [3.8, 4) is 0 Å². The van der Waals surface area contributed by atoms with Crippen LogP contribution in [-0.4, -0.2) is 21.4 Å². The highest BCUT2D eigenvalue weighted by molar-refractivity contribution is 7.92. The average molecular weight is 451 g/mol. The summed E-state index contributed by atoms with van der Waals surface area (Å²) in [5, 5.41) is 2.86. The molecule has 0 aliphatic rings. The number of aryl methyl sites for hydroxylation is 1. The van der Waals surface area contributed by atoms with Crippen LogP contribution in [0.5, 0.6) is 0 Å². The van der Waals surface area contributed by atoms with Gasteiger partial charge in [0.25, 0.3) is 15.9 Å². The molecule has 0 spiro atoms. The molecule has 9 heteroatoms. The van der Waals surface area contributed by atoms with Crippen molar-refractivity contribution in [3.05, 3.63) is 82.5 Å². The average Bonchev–Trinajstić information content (AvgIpc) is 3.14. The number of sulfonamides is 1. The number of rotatable bonds is 6. The molecule has 0 bridgehead atoms. The first kappa shape index (κ1) is 21.9. The van der Waals surface area contributed by atoms with E-state index >= 15 is 0 Å². The van der Waals surface area contributed by atoms with Gasteiger partial charge in [-0.3, -0.25) is 9.10 Å². The van der Waals surface area contributed by atoms with Crippen LogP contribution in [0, 0.1) is 12.7 Å². The molecule has 1 atom stereocenters. The Balaban J connectivity index is 1.88. The van der Waals surface area contributed by atoms with E-state index in [-0.39, 0.29) is 21.2 Å². The van der Waals surface area contributed by atoms with Crippen molar-refractivity contribution in [2.75, 3.05) is 11.4 Å². The van der Waals surface area contributed by atoms with E-state index < -0.39 is 27.8 Å². The Morgan fingerprint density at radius 3 is 2.40 bits per heavy atom. The zero-order chi connectivity index (χ0) is 22.1. The van der Waals surface area contributed by atoms with Crippen molar-refractivity contribution in [1.82, 2.24) is 5.32 Å². The SMILES string of the molecule is Cc1ccc(C(C)NC(=O)c2cc(S(=O)(=O)N(C)c3ccc(F)cc3)ccc2Cl)o1. The van der Waals surface area contributed by atoms with E-state index in [9.17, 15) is 17.6 Å². The van der Waals surface area contributed by atoms with Gasteiger partial charge in [0.1, 0.15) is 17.3 Å². The van der Waals surface area contributed by atoms with Gasteiger partial charge >= 0.3 is 0 Å². The van der Waals surface area contributed by atoms with E-state index in [2.05, 4.69) is 5.32 Å². The standard InChI is InChI=1S/C21H20ClFN2O4S/c1-13-4-11-20(29-13)14(2)24-21(26)18-12-17(9-10-19(18)22)30(27,28)25(3)16-7-5-15(23)6-8-16/h4-12,14H,1-3H3,(H,24,26). The Bertz CT molecular complexity index is 1180. The lowest BCUT2D eigenvalue weighted by atomic mass is 10.2. The summed E-state index contributed by atoms with van der Waals surface area (Å²) in [5.74, 6) is 0.261. The lowest BCUT2D eigenvalue weighted by Gasteiger charge is -2.20. The number of benzene rings is 2. The molecule has 1 unspecified atom stereocenters. The summed E-state index contributed by atoms with van der Waals surface area (Å²) in [6, 6.07) is 12.0. The minimum Gasteiger partial charge on any atom is -0.464 e. The first-order valence-corrected chi connectivity index (χ1v) is 10.8. The van der Waals surface area contributed by atoms with Gasteiger partial charge in [0.05, 0.1) is 27.2 Å². The molecule has 30 heavy (non-hydrogen) atoms. The third kappa shape index (κ3) is 4.49. The molecule has 0 radical (unpaired) electrons. The first-order valence-electron chi connectivity index (χ1n) is 9.01. The highest BCUT2D eigenvalue weighted by Crippen LogP contribution is 2.26. The van der Waals surface area contributed by atoms with Gasteiger partial charge in [-0.15, -0.1) is 0 Å². The second-order valence-corrected chi connectivity index (χ2v) is 9.11. The maximum absolute atomic E-state index is 13.2. The lowest BCUT2D eigenvalue weighted by molar-refractivity contribution is 0.0935. The third-order valence-corrected chi connectivity index (χ3v) is 6.68. The number of furan rings is 1. The molecular weight excluding hydrogens is 431 g/mol. The van der Waals surface area contributed by atoms with Crippen LogP contribution < -0.4 is 9.62 Å². The number of hydrogen-bond acceptors (Lipinski definition) is 4.